The zero-order valence-corrected chi connectivity index (χ0v) is 12.6. The maximum Gasteiger partial charge on any atom is 0.337 e. The molecule has 2 unspecified atom stereocenters. The molecule has 0 spiro atoms. The molecule has 0 aliphatic heterocycles. The molecule has 2 rings (SSSR count). The molecule has 0 aromatic heterocycles. The molecule has 1 aromatic rings. The molecule has 6 heteroatoms. The van der Waals surface area contributed by atoms with Crippen LogP contribution in [0.3, 0.4) is 0 Å². The summed E-state index contributed by atoms with van der Waals surface area (Å²) in [4.78, 5) is 23.8. The number of hydrogen-bond acceptors (Lipinski definition) is 5. The number of rotatable bonds is 5. The lowest BCUT2D eigenvalue weighted by molar-refractivity contribution is -0.122. The molecule has 1 amide bonds. The highest BCUT2D eigenvalue weighted by Crippen LogP contribution is 2.32. The molecular formula is C16H19N3O3. The summed E-state index contributed by atoms with van der Waals surface area (Å²) in [5.41, 5.74) is 2.59. The van der Waals surface area contributed by atoms with Gasteiger partial charge in [-0.2, -0.15) is 0 Å². The lowest BCUT2D eigenvalue weighted by atomic mass is 10.0. The molecule has 3 N–H and O–H groups in total. The third kappa shape index (κ3) is 3.05. The molecule has 0 bridgehead atoms. The first-order valence-corrected chi connectivity index (χ1v) is 7.05. The Hall–Kier alpha value is -2.50. The standard InChI is InChI=1S/C16H19N3O3/c1-9(18)13(8-17)15(20)19-14-6-5-10-3-4-11(7-12(10)14)16(21)22-2/h3-4,7-8,13-14,17-18H,5-6H2,1-2H3,(H,19,20). The minimum atomic E-state index is -0.840. The van der Waals surface area contributed by atoms with Crippen LogP contribution >= 0.6 is 0 Å². The van der Waals surface area contributed by atoms with Crippen molar-refractivity contribution in [2.24, 2.45) is 5.92 Å². The third-order valence-corrected chi connectivity index (χ3v) is 3.88. The molecule has 0 radical (unpaired) electrons. The van der Waals surface area contributed by atoms with Gasteiger partial charge in [0.2, 0.25) is 5.91 Å². The minimum absolute atomic E-state index is 0.133. The average molecular weight is 301 g/mol. The molecule has 0 fully saturated rings. The summed E-state index contributed by atoms with van der Waals surface area (Å²) in [6.07, 6.45) is 2.53. The molecule has 22 heavy (non-hydrogen) atoms. The Balaban J connectivity index is 2.20. The predicted molar refractivity (Wildman–Crippen MR) is 82.7 cm³/mol. The van der Waals surface area contributed by atoms with Crippen molar-refractivity contribution in [2.75, 3.05) is 7.11 Å². The van der Waals surface area contributed by atoms with Gasteiger partial charge in [-0.05, 0) is 43.0 Å². The van der Waals surface area contributed by atoms with E-state index in [1.165, 1.54) is 14.0 Å². The summed E-state index contributed by atoms with van der Waals surface area (Å²) in [7, 11) is 1.33. The molecule has 2 atom stereocenters. The Morgan fingerprint density at radius 3 is 2.77 bits per heavy atom. The maximum atomic E-state index is 12.2. The number of methoxy groups -OCH3 is 1. The van der Waals surface area contributed by atoms with Crippen LogP contribution in [0, 0.1) is 16.7 Å². The van der Waals surface area contributed by atoms with E-state index in [2.05, 4.69) is 5.32 Å². The summed E-state index contributed by atoms with van der Waals surface area (Å²) < 4.78 is 4.72. The summed E-state index contributed by atoms with van der Waals surface area (Å²) in [6.45, 7) is 1.51. The van der Waals surface area contributed by atoms with Gasteiger partial charge in [0.15, 0.2) is 0 Å². The lowest BCUT2D eigenvalue weighted by Gasteiger charge is -2.17. The fourth-order valence-electron chi connectivity index (χ4n) is 2.66. The van der Waals surface area contributed by atoms with Crippen molar-refractivity contribution in [2.45, 2.75) is 25.8 Å². The van der Waals surface area contributed by atoms with E-state index < -0.39 is 11.9 Å². The number of benzene rings is 1. The number of fused-ring (bicyclic) bond motifs is 1. The SMILES string of the molecule is COC(=O)c1ccc2c(c1)C(NC(=O)C(C=N)C(C)=N)CC2. The lowest BCUT2D eigenvalue weighted by Crippen LogP contribution is -2.36. The number of nitrogens with one attached hydrogen (secondary N) is 3. The van der Waals surface area contributed by atoms with Crippen LogP contribution in [-0.4, -0.2) is 30.9 Å². The summed E-state index contributed by atoms with van der Waals surface area (Å²) in [6, 6.07) is 5.14. The van der Waals surface area contributed by atoms with Crippen LogP contribution in [0.1, 0.15) is 40.9 Å². The Kier molecular flexibility index (Phi) is 4.70. The van der Waals surface area contributed by atoms with Crippen molar-refractivity contribution >= 4 is 23.8 Å². The third-order valence-electron chi connectivity index (χ3n) is 3.88. The second-order valence-electron chi connectivity index (χ2n) is 5.33. The van der Waals surface area contributed by atoms with E-state index in [0.29, 0.717) is 5.56 Å². The largest absolute Gasteiger partial charge is 0.465 e. The summed E-state index contributed by atoms with van der Waals surface area (Å²) in [5.74, 6) is -1.61. The number of carbonyl (C=O) groups is 2. The van der Waals surface area contributed by atoms with Crippen LogP contribution in [0.4, 0.5) is 0 Å². The van der Waals surface area contributed by atoms with Crippen molar-refractivity contribution in [1.82, 2.24) is 5.32 Å². The number of hydrogen-bond donors (Lipinski definition) is 3. The number of esters is 1. The van der Waals surface area contributed by atoms with E-state index in [1.54, 1.807) is 12.1 Å². The van der Waals surface area contributed by atoms with Crippen molar-refractivity contribution in [3.63, 3.8) is 0 Å². The highest BCUT2D eigenvalue weighted by Gasteiger charge is 2.28. The van der Waals surface area contributed by atoms with Crippen molar-refractivity contribution < 1.29 is 14.3 Å². The van der Waals surface area contributed by atoms with Gasteiger partial charge in [-0.3, -0.25) is 4.79 Å². The summed E-state index contributed by atoms with van der Waals surface area (Å²) in [5, 5.41) is 17.7. The Morgan fingerprint density at radius 1 is 1.45 bits per heavy atom. The topological polar surface area (TPSA) is 103 Å². The predicted octanol–water partition coefficient (Wildman–Crippen LogP) is 1.88. The number of aryl methyl sites for hydroxylation is 1. The van der Waals surface area contributed by atoms with Gasteiger partial charge in [0.05, 0.1) is 18.7 Å². The first-order chi connectivity index (χ1) is 10.5. The number of carbonyl (C=O) groups excluding carboxylic acids is 2. The van der Waals surface area contributed by atoms with Crippen LogP contribution in [-0.2, 0) is 16.0 Å². The molecule has 116 valence electrons. The quantitative estimate of drug-likeness (QED) is 0.571. The molecule has 6 nitrogen and oxygen atoms in total. The van der Waals surface area contributed by atoms with Gasteiger partial charge in [-0.15, -0.1) is 0 Å². The van der Waals surface area contributed by atoms with E-state index in [9.17, 15) is 9.59 Å². The molecule has 0 saturated carbocycles. The maximum absolute atomic E-state index is 12.2. The van der Waals surface area contributed by atoms with E-state index in [4.69, 9.17) is 15.6 Å². The first kappa shape index (κ1) is 15.9. The van der Waals surface area contributed by atoms with Crippen LogP contribution < -0.4 is 5.32 Å². The van der Waals surface area contributed by atoms with Crippen LogP contribution in [0.25, 0.3) is 0 Å². The Bertz CT molecular complexity index is 640. The first-order valence-electron chi connectivity index (χ1n) is 7.05. The van der Waals surface area contributed by atoms with E-state index >= 15 is 0 Å². The molecule has 1 aliphatic rings. The van der Waals surface area contributed by atoms with Gasteiger partial charge < -0.3 is 20.9 Å². The molecule has 0 heterocycles. The van der Waals surface area contributed by atoms with Crippen molar-refractivity contribution in [1.29, 1.82) is 10.8 Å². The van der Waals surface area contributed by atoms with Gasteiger partial charge in [0.1, 0.15) is 5.92 Å². The molecular weight excluding hydrogens is 282 g/mol. The van der Waals surface area contributed by atoms with Gasteiger partial charge in [-0.1, -0.05) is 6.07 Å². The molecule has 1 aromatic carbocycles. The Morgan fingerprint density at radius 2 is 2.18 bits per heavy atom. The van der Waals surface area contributed by atoms with Crippen LogP contribution in [0.5, 0.6) is 0 Å². The van der Waals surface area contributed by atoms with E-state index in [-0.39, 0.29) is 17.7 Å². The van der Waals surface area contributed by atoms with Gasteiger partial charge in [-0.25, -0.2) is 4.79 Å². The van der Waals surface area contributed by atoms with Gasteiger partial charge in [0.25, 0.3) is 0 Å². The monoisotopic (exact) mass is 301 g/mol. The van der Waals surface area contributed by atoms with Gasteiger partial charge in [0, 0.05) is 11.9 Å². The fraction of sp³-hybridized carbons (Fsp3) is 0.375. The smallest absolute Gasteiger partial charge is 0.337 e. The zero-order valence-electron chi connectivity index (χ0n) is 12.6. The molecule has 1 aliphatic carbocycles. The minimum Gasteiger partial charge on any atom is -0.465 e. The molecule has 0 saturated heterocycles. The van der Waals surface area contributed by atoms with E-state index in [1.807, 2.05) is 6.07 Å². The number of amides is 1. The van der Waals surface area contributed by atoms with Gasteiger partial charge >= 0.3 is 5.97 Å². The van der Waals surface area contributed by atoms with Crippen molar-refractivity contribution in [3.8, 4) is 0 Å². The highest BCUT2D eigenvalue weighted by atomic mass is 16.5. The summed E-state index contributed by atoms with van der Waals surface area (Å²) >= 11 is 0. The fourth-order valence-corrected chi connectivity index (χ4v) is 2.66. The van der Waals surface area contributed by atoms with Crippen LogP contribution in [0.2, 0.25) is 0 Å². The zero-order chi connectivity index (χ0) is 16.3. The van der Waals surface area contributed by atoms with Crippen LogP contribution in [0.15, 0.2) is 18.2 Å². The number of ether oxygens (including phenoxy) is 1. The normalized spacial score (nSPS) is 17.3. The second-order valence-corrected chi connectivity index (χ2v) is 5.33. The average Bonchev–Trinajstić information content (AvgIpc) is 2.89. The Labute approximate surface area is 128 Å². The van der Waals surface area contributed by atoms with Crippen molar-refractivity contribution in [3.05, 3.63) is 34.9 Å². The van der Waals surface area contributed by atoms with E-state index in [0.717, 1.165) is 30.2 Å². The second kappa shape index (κ2) is 6.51. The highest BCUT2D eigenvalue weighted by molar-refractivity contribution is 6.13.